The Morgan fingerprint density at radius 2 is 1.79 bits per heavy atom. The second-order valence-corrected chi connectivity index (χ2v) is 6.13. The number of rotatable bonds is 3. The molecule has 3 rings (SSSR count). The molecule has 24 heavy (non-hydrogen) atoms. The van der Waals surface area contributed by atoms with E-state index in [2.05, 4.69) is 20.3 Å². The van der Waals surface area contributed by atoms with Gasteiger partial charge in [0.15, 0.2) is 5.65 Å². The first-order valence-corrected chi connectivity index (χ1v) is 7.79. The van der Waals surface area contributed by atoms with Crippen molar-refractivity contribution in [1.82, 2.24) is 15.0 Å². The minimum Gasteiger partial charge on any atom is -0.367 e. The van der Waals surface area contributed by atoms with Crippen molar-refractivity contribution in [2.24, 2.45) is 0 Å². The second kappa shape index (κ2) is 6.28. The van der Waals surface area contributed by atoms with Crippen LogP contribution in [0.5, 0.6) is 0 Å². The standard InChI is InChI=1S/C17H15ClF2N4/c1-8(2)23-16-13(12-9(3)6-10(19)7-11(12)20)14(18)15-17(24-16)22-5-4-21-15/h4-8H,1-3H3,(H,22,23,24). The number of fused-ring (bicyclic) bond motifs is 1. The molecule has 0 amide bonds. The monoisotopic (exact) mass is 348 g/mol. The predicted molar refractivity (Wildman–Crippen MR) is 91.2 cm³/mol. The van der Waals surface area contributed by atoms with E-state index in [1.165, 1.54) is 18.5 Å². The van der Waals surface area contributed by atoms with Crippen LogP contribution >= 0.6 is 11.6 Å². The summed E-state index contributed by atoms with van der Waals surface area (Å²) >= 11 is 6.51. The molecule has 0 fully saturated rings. The maximum absolute atomic E-state index is 14.5. The molecular weight excluding hydrogens is 334 g/mol. The molecule has 7 heteroatoms. The van der Waals surface area contributed by atoms with Crippen LogP contribution in [-0.4, -0.2) is 21.0 Å². The van der Waals surface area contributed by atoms with Crippen LogP contribution in [0.4, 0.5) is 14.6 Å². The summed E-state index contributed by atoms with van der Waals surface area (Å²) in [6, 6.07) is 2.12. The van der Waals surface area contributed by atoms with Gasteiger partial charge < -0.3 is 5.32 Å². The Morgan fingerprint density at radius 3 is 2.46 bits per heavy atom. The minimum absolute atomic E-state index is 0.0326. The van der Waals surface area contributed by atoms with Crippen LogP contribution in [0.1, 0.15) is 19.4 Å². The Hall–Kier alpha value is -2.34. The zero-order valence-electron chi connectivity index (χ0n) is 13.4. The Bertz CT molecular complexity index is 905. The van der Waals surface area contributed by atoms with Crippen LogP contribution in [-0.2, 0) is 0 Å². The third-order valence-electron chi connectivity index (χ3n) is 3.49. The van der Waals surface area contributed by atoms with Gasteiger partial charge in [-0.2, -0.15) is 0 Å². The number of benzene rings is 1. The van der Waals surface area contributed by atoms with E-state index in [0.717, 1.165) is 6.07 Å². The maximum atomic E-state index is 14.5. The molecule has 2 heterocycles. The molecule has 2 aromatic heterocycles. The summed E-state index contributed by atoms with van der Waals surface area (Å²) in [5.41, 5.74) is 1.70. The van der Waals surface area contributed by atoms with Crippen molar-refractivity contribution in [2.75, 3.05) is 5.32 Å². The van der Waals surface area contributed by atoms with Gasteiger partial charge in [0.2, 0.25) is 0 Å². The van der Waals surface area contributed by atoms with Crippen molar-refractivity contribution in [3.63, 3.8) is 0 Å². The number of hydrogen-bond acceptors (Lipinski definition) is 4. The van der Waals surface area contributed by atoms with Crippen LogP contribution in [0.2, 0.25) is 5.02 Å². The summed E-state index contributed by atoms with van der Waals surface area (Å²) in [5, 5.41) is 3.38. The maximum Gasteiger partial charge on any atom is 0.181 e. The predicted octanol–water partition coefficient (Wildman–Crippen LogP) is 4.75. The van der Waals surface area contributed by atoms with Gasteiger partial charge in [0, 0.05) is 35.6 Å². The lowest BCUT2D eigenvalue weighted by atomic mass is 9.99. The molecule has 124 valence electrons. The number of aromatic nitrogens is 3. The summed E-state index contributed by atoms with van der Waals surface area (Å²) in [5.74, 6) is -0.959. The quantitative estimate of drug-likeness (QED) is 0.742. The van der Waals surface area contributed by atoms with Crippen LogP contribution in [0.15, 0.2) is 24.5 Å². The molecule has 1 aromatic carbocycles. The van der Waals surface area contributed by atoms with E-state index < -0.39 is 11.6 Å². The van der Waals surface area contributed by atoms with Gasteiger partial charge >= 0.3 is 0 Å². The van der Waals surface area contributed by atoms with Gasteiger partial charge in [-0.1, -0.05) is 11.6 Å². The Labute approximate surface area is 142 Å². The lowest BCUT2D eigenvalue weighted by molar-refractivity contribution is 0.584. The van der Waals surface area contributed by atoms with E-state index in [-0.39, 0.29) is 16.6 Å². The first-order chi connectivity index (χ1) is 11.4. The highest BCUT2D eigenvalue weighted by molar-refractivity contribution is 6.38. The lowest BCUT2D eigenvalue weighted by Crippen LogP contribution is -2.13. The summed E-state index contributed by atoms with van der Waals surface area (Å²) in [7, 11) is 0. The number of nitrogens with one attached hydrogen (secondary N) is 1. The molecule has 0 radical (unpaired) electrons. The molecule has 3 aromatic rings. The van der Waals surface area contributed by atoms with Crippen molar-refractivity contribution in [2.45, 2.75) is 26.8 Å². The smallest absolute Gasteiger partial charge is 0.181 e. The SMILES string of the molecule is Cc1cc(F)cc(F)c1-c1c(NC(C)C)nc2nccnc2c1Cl. The lowest BCUT2D eigenvalue weighted by Gasteiger charge is -2.18. The molecule has 0 aliphatic carbocycles. The van der Waals surface area contributed by atoms with Gasteiger partial charge in [0.05, 0.1) is 5.02 Å². The zero-order valence-corrected chi connectivity index (χ0v) is 14.1. The molecule has 0 aliphatic heterocycles. The van der Waals surface area contributed by atoms with Gasteiger partial charge in [-0.15, -0.1) is 0 Å². The third kappa shape index (κ3) is 2.89. The topological polar surface area (TPSA) is 50.7 Å². The first kappa shape index (κ1) is 16.5. The third-order valence-corrected chi connectivity index (χ3v) is 3.86. The number of pyridine rings is 1. The highest BCUT2D eigenvalue weighted by Crippen LogP contribution is 2.40. The van der Waals surface area contributed by atoms with Crippen molar-refractivity contribution >= 4 is 28.6 Å². The number of nitrogens with zero attached hydrogens (tertiary/aromatic N) is 3. The number of aryl methyl sites for hydroxylation is 1. The summed E-state index contributed by atoms with van der Waals surface area (Å²) in [6.07, 6.45) is 3.00. The molecule has 0 saturated carbocycles. The van der Waals surface area contributed by atoms with Crippen LogP contribution in [0.3, 0.4) is 0 Å². The molecular formula is C17H15ClF2N4. The molecule has 0 saturated heterocycles. The van der Waals surface area contributed by atoms with Gasteiger partial charge in [-0.05, 0) is 32.4 Å². The average molecular weight is 349 g/mol. The average Bonchev–Trinajstić information content (AvgIpc) is 2.49. The highest BCUT2D eigenvalue weighted by Gasteiger charge is 2.22. The highest BCUT2D eigenvalue weighted by atomic mass is 35.5. The van der Waals surface area contributed by atoms with Crippen LogP contribution in [0, 0.1) is 18.6 Å². The molecule has 4 nitrogen and oxygen atoms in total. The Balaban J connectivity index is 2.39. The normalized spacial score (nSPS) is 11.3. The second-order valence-electron chi connectivity index (χ2n) is 5.76. The Morgan fingerprint density at radius 1 is 1.08 bits per heavy atom. The fourth-order valence-corrected chi connectivity index (χ4v) is 2.89. The van der Waals surface area contributed by atoms with Crippen molar-refractivity contribution < 1.29 is 8.78 Å². The summed E-state index contributed by atoms with van der Waals surface area (Å²) in [4.78, 5) is 12.8. The number of hydrogen-bond donors (Lipinski definition) is 1. The molecule has 0 aliphatic rings. The molecule has 1 N–H and O–H groups in total. The van der Waals surface area contributed by atoms with Gasteiger partial charge in [-0.3, -0.25) is 0 Å². The first-order valence-electron chi connectivity index (χ1n) is 7.41. The van der Waals surface area contributed by atoms with Crippen molar-refractivity contribution in [3.05, 3.63) is 46.7 Å². The fraction of sp³-hybridized carbons (Fsp3) is 0.235. The summed E-state index contributed by atoms with van der Waals surface area (Å²) in [6.45, 7) is 5.47. The van der Waals surface area contributed by atoms with Gasteiger partial charge in [0.1, 0.15) is 23.0 Å². The minimum atomic E-state index is -0.703. The number of anilines is 1. The number of halogens is 3. The van der Waals surface area contributed by atoms with E-state index in [1.807, 2.05) is 13.8 Å². The van der Waals surface area contributed by atoms with E-state index in [0.29, 0.717) is 28.1 Å². The largest absolute Gasteiger partial charge is 0.367 e. The zero-order chi connectivity index (χ0) is 17.4. The van der Waals surface area contributed by atoms with E-state index in [4.69, 9.17) is 11.6 Å². The van der Waals surface area contributed by atoms with E-state index in [9.17, 15) is 8.78 Å². The van der Waals surface area contributed by atoms with Crippen molar-refractivity contribution in [3.8, 4) is 11.1 Å². The van der Waals surface area contributed by atoms with Crippen LogP contribution in [0.25, 0.3) is 22.3 Å². The fourth-order valence-electron chi connectivity index (χ4n) is 2.58. The molecule has 0 unspecified atom stereocenters. The van der Waals surface area contributed by atoms with E-state index in [1.54, 1.807) is 6.92 Å². The Kier molecular flexibility index (Phi) is 4.32. The van der Waals surface area contributed by atoms with Gasteiger partial charge in [-0.25, -0.2) is 23.7 Å². The molecule has 0 bridgehead atoms. The van der Waals surface area contributed by atoms with Crippen LogP contribution < -0.4 is 5.32 Å². The van der Waals surface area contributed by atoms with E-state index >= 15 is 0 Å². The van der Waals surface area contributed by atoms with Crippen molar-refractivity contribution in [1.29, 1.82) is 0 Å². The molecule has 0 spiro atoms. The summed E-state index contributed by atoms with van der Waals surface area (Å²) < 4.78 is 28.0. The van der Waals surface area contributed by atoms with Gasteiger partial charge in [0.25, 0.3) is 0 Å². The molecule has 0 atom stereocenters.